The van der Waals surface area contributed by atoms with E-state index in [4.69, 9.17) is 30.8 Å². The van der Waals surface area contributed by atoms with Crippen LogP contribution in [-0.4, -0.2) is 31.4 Å². The van der Waals surface area contributed by atoms with Gasteiger partial charge in [-0.3, -0.25) is 9.36 Å². The lowest BCUT2D eigenvalue weighted by Gasteiger charge is -2.28. The summed E-state index contributed by atoms with van der Waals surface area (Å²) in [5.41, 5.74) is 2.41. The number of carbonyl (C=O) groups excluding carboxylic acids is 1. The Labute approximate surface area is 256 Å². The van der Waals surface area contributed by atoms with Crippen LogP contribution in [0.1, 0.15) is 29.7 Å². The average Bonchev–Trinajstić information content (AvgIpc) is 3.34. The minimum Gasteiger partial charge on any atom is -0.496 e. The maximum absolute atomic E-state index is 14.4. The quantitative estimate of drug-likeness (QED) is 0.219. The van der Waals surface area contributed by atoms with Crippen LogP contribution in [0.2, 0.25) is 5.02 Å². The summed E-state index contributed by atoms with van der Waals surface area (Å²) < 4.78 is 19.0. The molecule has 2 heterocycles. The van der Waals surface area contributed by atoms with Gasteiger partial charge in [-0.15, -0.1) is 0 Å². The highest BCUT2D eigenvalue weighted by molar-refractivity contribution is 7.07. The van der Waals surface area contributed by atoms with E-state index in [0.29, 0.717) is 42.7 Å². The van der Waals surface area contributed by atoms with Gasteiger partial charge >= 0.3 is 5.97 Å². The first-order chi connectivity index (χ1) is 20.9. The lowest BCUT2D eigenvalue weighted by molar-refractivity contribution is -0.138. The highest BCUT2D eigenvalue weighted by Crippen LogP contribution is 2.42. The van der Waals surface area contributed by atoms with Crippen LogP contribution < -0.4 is 24.4 Å². The van der Waals surface area contributed by atoms with Crippen molar-refractivity contribution < 1.29 is 19.0 Å². The fourth-order valence-electron chi connectivity index (χ4n) is 5.41. The van der Waals surface area contributed by atoms with E-state index in [9.17, 15) is 9.59 Å². The monoisotopic (exact) mass is 610 g/mol. The van der Waals surface area contributed by atoms with Crippen molar-refractivity contribution in [3.8, 4) is 11.5 Å². The van der Waals surface area contributed by atoms with Crippen LogP contribution in [-0.2, 0) is 9.53 Å². The van der Waals surface area contributed by atoms with Gasteiger partial charge in [0.2, 0.25) is 0 Å². The summed E-state index contributed by atoms with van der Waals surface area (Å²) in [4.78, 5) is 33.7. The third kappa shape index (κ3) is 5.13. The van der Waals surface area contributed by atoms with Gasteiger partial charge in [-0.1, -0.05) is 83.6 Å². The molecule has 1 aliphatic heterocycles. The van der Waals surface area contributed by atoms with Crippen molar-refractivity contribution in [3.05, 3.63) is 132 Å². The van der Waals surface area contributed by atoms with Gasteiger partial charge in [0.25, 0.3) is 5.56 Å². The zero-order valence-corrected chi connectivity index (χ0v) is 25.2. The highest BCUT2D eigenvalue weighted by Gasteiger charge is 2.37. The molecular weight excluding hydrogens is 584 g/mol. The molecule has 0 radical (unpaired) electrons. The van der Waals surface area contributed by atoms with Crippen LogP contribution in [0.4, 0.5) is 0 Å². The molecule has 0 saturated heterocycles. The molecule has 0 bridgehead atoms. The number of nitrogens with zero attached hydrogens (tertiary/aromatic N) is 2. The Balaban J connectivity index is 1.75. The van der Waals surface area contributed by atoms with Crippen molar-refractivity contribution in [1.29, 1.82) is 0 Å². The van der Waals surface area contributed by atoms with Crippen LogP contribution in [0.5, 0.6) is 11.5 Å². The van der Waals surface area contributed by atoms with Gasteiger partial charge in [-0.05, 0) is 48.0 Å². The smallest absolute Gasteiger partial charge is 0.338 e. The Hall–Kier alpha value is -4.66. The van der Waals surface area contributed by atoms with Crippen molar-refractivity contribution in [2.75, 3.05) is 20.8 Å². The van der Waals surface area contributed by atoms with E-state index in [2.05, 4.69) is 0 Å². The molecule has 9 heteroatoms. The van der Waals surface area contributed by atoms with Crippen LogP contribution >= 0.6 is 22.9 Å². The predicted octanol–water partition coefficient (Wildman–Crippen LogP) is 5.76. The number of hydrogen-bond acceptors (Lipinski definition) is 7. The molecule has 0 spiro atoms. The molecule has 0 saturated carbocycles. The summed E-state index contributed by atoms with van der Waals surface area (Å²) in [6, 6.07) is 25.4. The number of carbonyl (C=O) groups is 1. The zero-order chi connectivity index (χ0) is 30.1. The lowest BCUT2D eigenvalue weighted by Crippen LogP contribution is -2.40. The minimum atomic E-state index is -0.894. The van der Waals surface area contributed by atoms with Crippen molar-refractivity contribution in [2.45, 2.75) is 13.0 Å². The first-order valence-corrected chi connectivity index (χ1v) is 14.8. The molecule has 0 fully saturated rings. The van der Waals surface area contributed by atoms with E-state index >= 15 is 0 Å². The first-order valence-electron chi connectivity index (χ1n) is 13.6. The van der Waals surface area contributed by atoms with E-state index in [-0.39, 0.29) is 17.7 Å². The van der Waals surface area contributed by atoms with Crippen LogP contribution in [0, 0.1) is 0 Å². The predicted molar refractivity (Wildman–Crippen MR) is 170 cm³/mol. The highest BCUT2D eigenvalue weighted by atomic mass is 35.5. The van der Waals surface area contributed by atoms with Gasteiger partial charge in [0.1, 0.15) is 17.5 Å². The third-order valence-corrected chi connectivity index (χ3v) is 8.49. The van der Waals surface area contributed by atoms with E-state index in [1.54, 1.807) is 50.0 Å². The molecule has 0 aliphatic carbocycles. The molecule has 1 atom stereocenters. The van der Waals surface area contributed by atoms with Gasteiger partial charge in [0.05, 0.1) is 36.6 Å². The van der Waals surface area contributed by atoms with Gasteiger partial charge in [-0.25, -0.2) is 9.79 Å². The van der Waals surface area contributed by atoms with Crippen molar-refractivity contribution in [1.82, 2.24) is 4.57 Å². The number of halogens is 1. The van der Waals surface area contributed by atoms with E-state index < -0.39 is 12.0 Å². The topological polar surface area (TPSA) is 79.1 Å². The SMILES string of the molecule is CCOC(=O)C1=C(c2ccccc2)N=c2s/c(=C/c3cc(Cl)ccc3OC)c(=O)n2C1c1c(OC)ccc2ccccc12. The Morgan fingerprint density at radius 3 is 2.44 bits per heavy atom. The number of methoxy groups -OCH3 is 2. The summed E-state index contributed by atoms with van der Waals surface area (Å²) in [6.45, 7) is 1.91. The average molecular weight is 611 g/mol. The number of ether oxygens (including phenoxy) is 3. The Bertz CT molecular complexity index is 2080. The first kappa shape index (κ1) is 28.5. The number of rotatable bonds is 7. The molecule has 7 nitrogen and oxygen atoms in total. The summed E-state index contributed by atoms with van der Waals surface area (Å²) in [6.07, 6.45) is 1.74. The number of esters is 1. The molecule has 1 unspecified atom stereocenters. The molecular formula is C34H27ClN2O5S. The largest absolute Gasteiger partial charge is 0.496 e. The van der Waals surface area contributed by atoms with Crippen molar-refractivity contribution in [2.24, 2.45) is 4.99 Å². The number of thiazole rings is 1. The molecule has 0 amide bonds. The second-order valence-electron chi connectivity index (χ2n) is 9.72. The maximum Gasteiger partial charge on any atom is 0.338 e. The standard InChI is InChI=1S/C34H27ClN2O5S/c1-4-42-33(39)29-30(21-11-6-5-7-12-21)36-34-37(31(29)28-24-13-9-8-10-20(24)14-16-26(28)41-3)32(38)27(43-34)19-22-18-23(35)15-17-25(22)40-2/h5-19,31H,4H2,1-3H3/b27-19+. The second kappa shape index (κ2) is 11.9. The normalized spacial score (nSPS) is 14.8. The van der Waals surface area contributed by atoms with Crippen molar-refractivity contribution >= 4 is 51.5 Å². The summed E-state index contributed by atoms with van der Waals surface area (Å²) in [5.74, 6) is 0.543. The van der Waals surface area contributed by atoms with Crippen molar-refractivity contribution in [3.63, 3.8) is 0 Å². The van der Waals surface area contributed by atoms with Gasteiger partial charge in [0.15, 0.2) is 4.80 Å². The molecule has 5 aromatic rings. The van der Waals surface area contributed by atoms with E-state index in [1.807, 2.05) is 66.7 Å². The fraction of sp³-hybridized carbons (Fsp3) is 0.147. The van der Waals surface area contributed by atoms with Gasteiger partial charge in [0, 0.05) is 21.7 Å². The molecule has 0 N–H and O–H groups in total. The number of fused-ring (bicyclic) bond motifs is 2. The van der Waals surface area contributed by atoms with Crippen LogP contribution in [0.25, 0.3) is 22.5 Å². The summed E-state index contributed by atoms with van der Waals surface area (Å²) in [5, 5.41) is 2.29. The maximum atomic E-state index is 14.4. The lowest BCUT2D eigenvalue weighted by atomic mass is 9.89. The minimum absolute atomic E-state index is 0.156. The number of benzene rings is 4. The second-order valence-corrected chi connectivity index (χ2v) is 11.2. The molecule has 43 heavy (non-hydrogen) atoms. The van der Waals surface area contributed by atoms with E-state index in [0.717, 1.165) is 16.3 Å². The number of aromatic nitrogens is 1. The molecule has 1 aromatic heterocycles. The summed E-state index contributed by atoms with van der Waals surface area (Å²) >= 11 is 7.52. The Morgan fingerprint density at radius 2 is 1.70 bits per heavy atom. The molecule has 6 rings (SSSR count). The molecule has 4 aromatic carbocycles. The van der Waals surface area contributed by atoms with Gasteiger partial charge < -0.3 is 14.2 Å². The fourth-order valence-corrected chi connectivity index (χ4v) is 6.58. The zero-order valence-electron chi connectivity index (χ0n) is 23.7. The Kier molecular flexibility index (Phi) is 7.88. The summed E-state index contributed by atoms with van der Waals surface area (Å²) in [7, 11) is 3.14. The van der Waals surface area contributed by atoms with Crippen LogP contribution in [0.15, 0.2) is 100 Å². The third-order valence-electron chi connectivity index (χ3n) is 7.28. The molecule has 1 aliphatic rings. The van der Waals surface area contributed by atoms with E-state index in [1.165, 1.54) is 11.3 Å². The molecule has 216 valence electrons. The van der Waals surface area contributed by atoms with Crippen LogP contribution in [0.3, 0.4) is 0 Å². The Morgan fingerprint density at radius 1 is 0.977 bits per heavy atom. The number of hydrogen-bond donors (Lipinski definition) is 0. The van der Waals surface area contributed by atoms with Gasteiger partial charge in [-0.2, -0.15) is 0 Å².